The molecule has 4 aromatic rings. The lowest BCUT2D eigenvalue weighted by molar-refractivity contribution is 0.415. The number of fused-ring (bicyclic) bond motifs is 1. The molecule has 0 atom stereocenters. The summed E-state index contributed by atoms with van der Waals surface area (Å²) in [5.74, 6) is 1.54. The topological polar surface area (TPSA) is 88.4 Å². The summed E-state index contributed by atoms with van der Waals surface area (Å²) in [5.41, 5.74) is 3.30. The number of benzene rings is 2. The van der Waals surface area contributed by atoms with Crippen LogP contribution in [-0.4, -0.2) is 52.4 Å². The van der Waals surface area contributed by atoms with Crippen LogP contribution in [0.4, 0.5) is 11.6 Å². The van der Waals surface area contributed by atoms with Gasteiger partial charge in [0.2, 0.25) is 5.95 Å². The lowest BCUT2D eigenvalue weighted by atomic mass is 10.1. The van der Waals surface area contributed by atoms with Gasteiger partial charge in [-0.1, -0.05) is 29.8 Å². The van der Waals surface area contributed by atoms with Gasteiger partial charge in [0.15, 0.2) is 11.2 Å². The minimum absolute atomic E-state index is 0.397. The van der Waals surface area contributed by atoms with Crippen molar-refractivity contribution < 1.29 is 4.74 Å². The summed E-state index contributed by atoms with van der Waals surface area (Å²) in [6.45, 7) is 5.66. The second-order valence-electron chi connectivity index (χ2n) is 8.65. The predicted molar refractivity (Wildman–Crippen MR) is 133 cm³/mol. The van der Waals surface area contributed by atoms with Crippen LogP contribution >= 0.6 is 0 Å². The smallest absolute Gasteiger partial charge is 0.329 e. The van der Waals surface area contributed by atoms with Gasteiger partial charge >= 0.3 is 5.69 Å². The van der Waals surface area contributed by atoms with Crippen LogP contribution in [0, 0.1) is 6.92 Å². The third-order valence-electron chi connectivity index (χ3n) is 6.41. The Labute approximate surface area is 196 Å². The number of anilines is 2. The third kappa shape index (κ3) is 3.93. The fourth-order valence-electron chi connectivity index (χ4n) is 4.57. The summed E-state index contributed by atoms with van der Waals surface area (Å²) in [5, 5.41) is 0. The van der Waals surface area contributed by atoms with Crippen molar-refractivity contribution in [1.82, 2.24) is 19.1 Å². The number of piperazine rings is 1. The van der Waals surface area contributed by atoms with Gasteiger partial charge in [0, 0.05) is 38.9 Å². The van der Waals surface area contributed by atoms with E-state index in [0.29, 0.717) is 23.7 Å². The van der Waals surface area contributed by atoms with E-state index in [2.05, 4.69) is 33.0 Å². The van der Waals surface area contributed by atoms with Crippen LogP contribution in [0.3, 0.4) is 0 Å². The van der Waals surface area contributed by atoms with Crippen molar-refractivity contribution in [1.29, 1.82) is 0 Å². The Bertz CT molecular complexity index is 1440. The molecule has 3 heterocycles. The SMILES string of the molecule is COc1ccc(N2CCN(c3nc4c(c(=O)[nH]c(=O)n4C)n3Cc3cccc(C)c3)CC2)cc1. The molecule has 5 rings (SSSR count). The molecule has 34 heavy (non-hydrogen) atoms. The highest BCUT2D eigenvalue weighted by atomic mass is 16.5. The molecule has 0 radical (unpaired) electrons. The van der Waals surface area contributed by atoms with Crippen molar-refractivity contribution in [3.63, 3.8) is 0 Å². The molecule has 176 valence electrons. The van der Waals surface area contributed by atoms with Crippen molar-refractivity contribution in [3.05, 3.63) is 80.5 Å². The summed E-state index contributed by atoms with van der Waals surface area (Å²) in [4.78, 5) is 36.8. The van der Waals surface area contributed by atoms with E-state index in [1.807, 2.05) is 41.8 Å². The van der Waals surface area contributed by atoms with Crippen molar-refractivity contribution in [3.8, 4) is 5.75 Å². The second kappa shape index (κ2) is 8.74. The normalized spacial score (nSPS) is 14.1. The highest BCUT2D eigenvalue weighted by molar-refractivity contribution is 5.74. The average Bonchev–Trinajstić information content (AvgIpc) is 3.22. The number of rotatable bonds is 5. The number of methoxy groups -OCH3 is 1. The Kier molecular flexibility index (Phi) is 5.61. The second-order valence-corrected chi connectivity index (χ2v) is 8.65. The zero-order chi connectivity index (χ0) is 23.8. The van der Waals surface area contributed by atoms with Gasteiger partial charge < -0.3 is 14.5 Å². The molecule has 1 aliphatic heterocycles. The highest BCUT2D eigenvalue weighted by Crippen LogP contribution is 2.25. The summed E-state index contributed by atoms with van der Waals surface area (Å²) in [7, 11) is 3.30. The molecule has 0 amide bonds. The number of aryl methyl sites for hydroxylation is 2. The maximum Gasteiger partial charge on any atom is 0.329 e. The van der Waals surface area contributed by atoms with E-state index in [1.165, 1.54) is 4.57 Å². The van der Waals surface area contributed by atoms with Gasteiger partial charge in [0.25, 0.3) is 5.56 Å². The molecule has 1 N–H and O–H groups in total. The van der Waals surface area contributed by atoms with Gasteiger partial charge in [-0.05, 0) is 36.8 Å². The Balaban J connectivity index is 1.50. The molecule has 1 fully saturated rings. The van der Waals surface area contributed by atoms with E-state index in [1.54, 1.807) is 14.2 Å². The van der Waals surface area contributed by atoms with Crippen LogP contribution in [0.5, 0.6) is 5.75 Å². The number of aromatic nitrogens is 4. The number of nitrogens with zero attached hydrogens (tertiary/aromatic N) is 5. The van der Waals surface area contributed by atoms with Gasteiger partial charge in [-0.15, -0.1) is 0 Å². The lowest BCUT2D eigenvalue weighted by Crippen LogP contribution is -2.47. The minimum Gasteiger partial charge on any atom is -0.497 e. The molecule has 2 aromatic heterocycles. The summed E-state index contributed by atoms with van der Waals surface area (Å²) < 4.78 is 8.61. The molecule has 0 bridgehead atoms. The van der Waals surface area contributed by atoms with E-state index in [0.717, 1.165) is 48.7 Å². The van der Waals surface area contributed by atoms with Crippen LogP contribution in [0.25, 0.3) is 11.2 Å². The number of nitrogens with one attached hydrogen (secondary N) is 1. The quantitative estimate of drug-likeness (QED) is 0.491. The summed E-state index contributed by atoms with van der Waals surface area (Å²) >= 11 is 0. The molecule has 0 saturated carbocycles. The van der Waals surface area contributed by atoms with Gasteiger partial charge in [-0.25, -0.2) is 4.79 Å². The van der Waals surface area contributed by atoms with Gasteiger partial charge in [0.1, 0.15) is 5.75 Å². The van der Waals surface area contributed by atoms with Crippen LogP contribution in [0.1, 0.15) is 11.1 Å². The number of hydrogen-bond donors (Lipinski definition) is 1. The summed E-state index contributed by atoms with van der Waals surface area (Å²) in [6, 6.07) is 16.3. The minimum atomic E-state index is -0.464. The number of aromatic amines is 1. The number of imidazole rings is 1. The Hall–Kier alpha value is -4.01. The molecule has 9 nitrogen and oxygen atoms in total. The number of hydrogen-bond acceptors (Lipinski definition) is 6. The lowest BCUT2D eigenvalue weighted by Gasteiger charge is -2.36. The van der Waals surface area contributed by atoms with Crippen molar-refractivity contribution in [2.24, 2.45) is 7.05 Å². The third-order valence-corrected chi connectivity index (χ3v) is 6.41. The van der Waals surface area contributed by atoms with E-state index in [-0.39, 0.29) is 0 Å². The van der Waals surface area contributed by atoms with Crippen molar-refractivity contribution in [2.75, 3.05) is 43.1 Å². The molecule has 9 heteroatoms. The molecule has 1 saturated heterocycles. The van der Waals surface area contributed by atoms with Gasteiger partial charge in [-0.2, -0.15) is 4.98 Å². The standard InChI is InChI=1S/C25H28N6O3/c1-17-5-4-6-18(15-17)16-31-21-22(28(2)25(33)27-23(21)32)26-24(31)30-13-11-29(12-14-30)19-7-9-20(34-3)10-8-19/h4-10,15H,11-14,16H2,1-3H3,(H,27,32,33). The fraction of sp³-hybridized carbons (Fsp3) is 0.320. The first kappa shape index (κ1) is 21.8. The number of H-pyrrole nitrogens is 1. The van der Waals surface area contributed by atoms with E-state index >= 15 is 0 Å². The van der Waals surface area contributed by atoms with Crippen LogP contribution < -0.4 is 25.8 Å². The summed E-state index contributed by atoms with van der Waals surface area (Å²) in [6.07, 6.45) is 0. The molecular formula is C25H28N6O3. The van der Waals surface area contributed by atoms with Gasteiger partial charge in [-0.3, -0.25) is 18.9 Å². The Morgan fingerprint density at radius 2 is 1.71 bits per heavy atom. The molecule has 2 aromatic carbocycles. The fourth-order valence-corrected chi connectivity index (χ4v) is 4.57. The Morgan fingerprint density at radius 3 is 2.38 bits per heavy atom. The van der Waals surface area contributed by atoms with E-state index in [4.69, 9.17) is 9.72 Å². The first-order chi connectivity index (χ1) is 16.4. The first-order valence-corrected chi connectivity index (χ1v) is 11.3. The number of ether oxygens (including phenoxy) is 1. The highest BCUT2D eigenvalue weighted by Gasteiger charge is 2.25. The zero-order valence-corrected chi connectivity index (χ0v) is 19.6. The van der Waals surface area contributed by atoms with Crippen molar-refractivity contribution >= 4 is 22.8 Å². The maximum absolute atomic E-state index is 12.8. The maximum atomic E-state index is 12.8. The van der Waals surface area contributed by atoms with Crippen LogP contribution in [0.15, 0.2) is 58.1 Å². The van der Waals surface area contributed by atoms with Crippen molar-refractivity contribution in [2.45, 2.75) is 13.5 Å². The zero-order valence-electron chi connectivity index (χ0n) is 19.6. The largest absolute Gasteiger partial charge is 0.497 e. The van der Waals surface area contributed by atoms with E-state index < -0.39 is 11.2 Å². The van der Waals surface area contributed by atoms with E-state index in [9.17, 15) is 9.59 Å². The molecule has 0 aliphatic carbocycles. The van der Waals surface area contributed by atoms with Crippen LogP contribution in [-0.2, 0) is 13.6 Å². The first-order valence-electron chi connectivity index (χ1n) is 11.3. The average molecular weight is 461 g/mol. The Morgan fingerprint density at radius 1 is 1.00 bits per heavy atom. The molecule has 0 spiro atoms. The monoisotopic (exact) mass is 460 g/mol. The molecule has 0 unspecified atom stereocenters. The predicted octanol–water partition coefficient (Wildman–Crippen LogP) is 2.12. The molecule has 1 aliphatic rings. The molecular weight excluding hydrogens is 432 g/mol. The van der Waals surface area contributed by atoms with Crippen LogP contribution in [0.2, 0.25) is 0 Å². The van der Waals surface area contributed by atoms with Gasteiger partial charge in [0.05, 0.1) is 13.7 Å².